The van der Waals surface area contributed by atoms with Gasteiger partial charge in [-0.3, -0.25) is 0 Å². The van der Waals surface area contributed by atoms with Crippen molar-refractivity contribution in [1.82, 2.24) is 0 Å². The maximum atomic E-state index is 9.77. The number of hydrogen-bond donors (Lipinski definition) is 1. The van der Waals surface area contributed by atoms with Gasteiger partial charge < -0.3 is 5.11 Å². The summed E-state index contributed by atoms with van der Waals surface area (Å²) in [5.41, 5.74) is 3.01. The zero-order valence-electron chi connectivity index (χ0n) is 14.5. The third kappa shape index (κ3) is 9.34. The van der Waals surface area contributed by atoms with Crippen molar-refractivity contribution in [3.8, 4) is 0 Å². The summed E-state index contributed by atoms with van der Waals surface area (Å²) in [6.07, 6.45) is 21.5. The van der Waals surface area contributed by atoms with Gasteiger partial charge in [0.2, 0.25) is 0 Å². The highest BCUT2D eigenvalue weighted by molar-refractivity contribution is 5.15. The maximum Gasteiger partial charge on any atom is 0.0644 e. The summed E-state index contributed by atoms with van der Waals surface area (Å²) in [6.45, 7) is 2.58. The third-order valence-electron chi connectivity index (χ3n) is 4.98. The van der Waals surface area contributed by atoms with Crippen molar-refractivity contribution < 1.29 is 5.11 Å². The van der Waals surface area contributed by atoms with Gasteiger partial charge in [0.1, 0.15) is 0 Å². The van der Waals surface area contributed by atoms with E-state index in [9.17, 15) is 5.11 Å². The van der Waals surface area contributed by atoms with Crippen LogP contribution >= 0.6 is 0 Å². The van der Waals surface area contributed by atoms with Gasteiger partial charge in [0.15, 0.2) is 0 Å². The maximum absolute atomic E-state index is 9.77. The first-order valence-electron chi connectivity index (χ1n) is 9.69. The summed E-state index contributed by atoms with van der Waals surface area (Å²) in [7, 11) is 0. The van der Waals surface area contributed by atoms with Crippen LogP contribution in [0.2, 0.25) is 0 Å². The van der Waals surface area contributed by atoms with E-state index < -0.39 is 0 Å². The standard InChI is InChI=1S/C20H38O/c1-2-3-12-15-19-16-13-10-8-6-4-5-7-9-11-14-17-20(19)18-21/h21H,2-18H2,1H3/b20-19+. The minimum absolute atomic E-state index is 0.307. The number of unbranched alkanes of at least 4 members (excludes halogenated alkanes) is 2. The Morgan fingerprint density at radius 1 is 0.667 bits per heavy atom. The topological polar surface area (TPSA) is 20.2 Å². The van der Waals surface area contributed by atoms with E-state index in [0.717, 1.165) is 6.42 Å². The molecule has 1 aliphatic rings. The van der Waals surface area contributed by atoms with Crippen LogP contribution in [0.4, 0.5) is 0 Å². The van der Waals surface area contributed by atoms with Crippen LogP contribution in [0.3, 0.4) is 0 Å². The van der Waals surface area contributed by atoms with Crippen LogP contribution in [0, 0.1) is 0 Å². The van der Waals surface area contributed by atoms with Gasteiger partial charge in [0.05, 0.1) is 6.61 Å². The van der Waals surface area contributed by atoms with Crippen molar-refractivity contribution in [2.24, 2.45) is 0 Å². The van der Waals surface area contributed by atoms with Crippen LogP contribution in [0.15, 0.2) is 11.1 Å². The Bertz CT molecular complexity index is 267. The fourth-order valence-electron chi connectivity index (χ4n) is 3.53. The molecule has 0 spiro atoms. The SMILES string of the molecule is CCCCC/C1=C(\CO)CCCCCCCCCCCC1. The van der Waals surface area contributed by atoms with E-state index in [1.807, 2.05) is 0 Å². The smallest absolute Gasteiger partial charge is 0.0644 e. The first kappa shape index (κ1) is 18.7. The Morgan fingerprint density at radius 3 is 1.62 bits per heavy atom. The first-order valence-corrected chi connectivity index (χ1v) is 9.69. The lowest BCUT2D eigenvalue weighted by atomic mass is 9.92. The number of rotatable bonds is 5. The molecule has 0 bridgehead atoms. The second kappa shape index (κ2) is 13.4. The van der Waals surface area contributed by atoms with Gasteiger partial charge in [-0.05, 0) is 44.1 Å². The summed E-state index contributed by atoms with van der Waals surface area (Å²) in [5.74, 6) is 0. The highest BCUT2D eigenvalue weighted by atomic mass is 16.3. The van der Waals surface area contributed by atoms with Crippen LogP contribution < -0.4 is 0 Å². The largest absolute Gasteiger partial charge is 0.392 e. The van der Waals surface area contributed by atoms with Gasteiger partial charge in [0, 0.05) is 0 Å². The first-order chi connectivity index (χ1) is 10.4. The van der Waals surface area contributed by atoms with Crippen LogP contribution in [0.1, 0.15) is 110 Å². The normalized spacial score (nSPS) is 23.7. The van der Waals surface area contributed by atoms with Crippen LogP contribution in [-0.4, -0.2) is 11.7 Å². The quantitative estimate of drug-likeness (QED) is 0.450. The number of allylic oxidation sites excluding steroid dienone is 1. The zero-order valence-corrected chi connectivity index (χ0v) is 14.5. The van der Waals surface area contributed by atoms with Crippen LogP contribution in [0.25, 0.3) is 0 Å². The summed E-state index contributed by atoms with van der Waals surface area (Å²) < 4.78 is 0. The predicted octanol–water partition coefficient (Wildman–Crippen LogP) is 6.55. The fraction of sp³-hybridized carbons (Fsp3) is 0.900. The van der Waals surface area contributed by atoms with Crippen molar-refractivity contribution in [3.05, 3.63) is 11.1 Å². The summed E-state index contributed by atoms with van der Waals surface area (Å²) in [4.78, 5) is 0. The Labute approximate surface area is 133 Å². The molecule has 0 radical (unpaired) electrons. The molecule has 1 N–H and O–H groups in total. The number of hydrogen-bond acceptors (Lipinski definition) is 1. The van der Waals surface area contributed by atoms with E-state index >= 15 is 0 Å². The van der Waals surface area contributed by atoms with Crippen molar-refractivity contribution >= 4 is 0 Å². The molecule has 0 saturated carbocycles. The molecule has 0 atom stereocenters. The van der Waals surface area contributed by atoms with E-state index in [2.05, 4.69) is 6.92 Å². The molecular weight excluding hydrogens is 256 g/mol. The molecule has 1 nitrogen and oxygen atoms in total. The van der Waals surface area contributed by atoms with Gasteiger partial charge >= 0.3 is 0 Å². The van der Waals surface area contributed by atoms with Crippen molar-refractivity contribution in [3.63, 3.8) is 0 Å². The van der Waals surface area contributed by atoms with Gasteiger partial charge in [-0.2, -0.15) is 0 Å². The van der Waals surface area contributed by atoms with Gasteiger partial charge in [-0.15, -0.1) is 0 Å². The average molecular weight is 295 g/mol. The Kier molecular flexibility index (Phi) is 11.9. The molecule has 0 aromatic carbocycles. The lowest BCUT2D eigenvalue weighted by molar-refractivity contribution is 0.322. The average Bonchev–Trinajstić information content (AvgIpc) is 2.50. The summed E-state index contributed by atoms with van der Waals surface area (Å²) in [6, 6.07) is 0. The van der Waals surface area contributed by atoms with Crippen molar-refractivity contribution in [2.75, 3.05) is 6.61 Å². The molecule has 0 saturated heterocycles. The van der Waals surface area contributed by atoms with Gasteiger partial charge in [0.25, 0.3) is 0 Å². The summed E-state index contributed by atoms with van der Waals surface area (Å²) in [5, 5.41) is 9.77. The molecule has 124 valence electrons. The molecule has 1 rings (SSSR count). The van der Waals surface area contributed by atoms with Gasteiger partial charge in [-0.25, -0.2) is 0 Å². The summed E-state index contributed by atoms with van der Waals surface area (Å²) >= 11 is 0. The number of aliphatic hydroxyl groups excluding tert-OH is 1. The molecular formula is C20H38O. The molecule has 21 heavy (non-hydrogen) atoms. The fourth-order valence-corrected chi connectivity index (χ4v) is 3.53. The van der Waals surface area contributed by atoms with Crippen LogP contribution in [0.5, 0.6) is 0 Å². The van der Waals surface area contributed by atoms with Crippen molar-refractivity contribution in [1.29, 1.82) is 0 Å². The monoisotopic (exact) mass is 294 g/mol. The zero-order chi connectivity index (χ0) is 15.2. The highest BCUT2D eigenvalue weighted by Gasteiger charge is 2.07. The molecule has 0 aromatic rings. The molecule has 0 aliphatic heterocycles. The Balaban J connectivity index is 2.55. The molecule has 0 unspecified atom stereocenters. The number of aliphatic hydroxyl groups is 1. The highest BCUT2D eigenvalue weighted by Crippen LogP contribution is 2.25. The minimum atomic E-state index is 0.307. The van der Waals surface area contributed by atoms with E-state index in [0.29, 0.717) is 6.61 Å². The second-order valence-electron chi connectivity index (χ2n) is 6.86. The predicted molar refractivity (Wildman–Crippen MR) is 93.7 cm³/mol. The molecule has 1 aliphatic carbocycles. The second-order valence-corrected chi connectivity index (χ2v) is 6.86. The van der Waals surface area contributed by atoms with Crippen LogP contribution in [-0.2, 0) is 0 Å². The Morgan fingerprint density at radius 2 is 1.14 bits per heavy atom. The molecule has 0 fully saturated rings. The molecule has 0 heterocycles. The van der Waals surface area contributed by atoms with E-state index in [1.165, 1.54) is 102 Å². The minimum Gasteiger partial charge on any atom is -0.392 e. The van der Waals surface area contributed by atoms with Crippen molar-refractivity contribution in [2.45, 2.75) is 110 Å². The van der Waals surface area contributed by atoms with E-state index in [-0.39, 0.29) is 0 Å². The van der Waals surface area contributed by atoms with Gasteiger partial charge in [-0.1, -0.05) is 76.7 Å². The van der Waals surface area contributed by atoms with E-state index in [4.69, 9.17) is 0 Å². The molecule has 1 heteroatoms. The van der Waals surface area contributed by atoms with E-state index in [1.54, 1.807) is 5.57 Å². The Hall–Kier alpha value is -0.300. The molecule has 0 aromatic heterocycles. The molecule has 0 amide bonds. The lowest BCUT2D eigenvalue weighted by Gasteiger charge is -2.15. The lowest BCUT2D eigenvalue weighted by Crippen LogP contribution is -2.00. The third-order valence-corrected chi connectivity index (χ3v) is 4.98.